The Morgan fingerprint density at radius 1 is 1.41 bits per heavy atom. The first kappa shape index (κ1) is 16.2. The molecule has 0 bridgehead atoms. The van der Waals surface area contributed by atoms with E-state index in [1.165, 1.54) is 6.33 Å². The second-order valence-electron chi connectivity index (χ2n) is 4.75. The summed E-state index contributed by atoms with van der Waals surface area (Å²) < 4.78 is 0.767. The van der Waals surface area contributed by atoms with E-state index in [1.54, 1.807) is 13.1 Å². The van der Waals surface area contributed by atoms with Crippen molar-refractivity contribution in [1.82, 2.24) is 9.97 Å². The van der Waals surface area contributed by atoms with Crippen molar-refractivity contribution in [2.75, 3.05) is 18.9 Å². The van der Waals surface area contributed by atoms with Gasteiger partial charge in [0.2, 0.25) is 0 Å². The smallest absolute Gasteiger partial charge is 0.143 e. The molecule has 0 aliphatic heterocycles. The normalized spacial score (nSPS) is 12.0. The minimum atomic E-state index is 0.114. The highest BCUT2D eigenvalue weighted by molar-refractivity contribution is 9.10. The summed E-state index contributed by atoms with van der Waals surface area (Å²) in [5.41, 5.74) is 2.34. The highest BCUT2D eigenvalue weighted by Gasteiger charge is 2.08. The lowest BCUT2D eigenvalue weighted by Gasteiger charge is -2.09. The maximum absolute atomic E-state index is 9.94. The van der Waals surface area contributed by atoms with Crippen LogP contribution in [0.1, 0.15) is 6.92 Å². The van der Waals surface area contributed by atoms with Gasteiger partial charge in [-0.3, -0.25) is 4.99 Å². The van der Waals surface area contributed by atoms with Crippen LogP contribution in [0.3, 0.4) is 0 Å². The quantitative estimate of drug-likeness (QED) is 0.629. The molecule has 2 aromatic rings. The van der Waals surface area contributed by atoms with Gasteiger partial charge in [-0.25, -0.2) is 9.97 Å². The predicted octanol–water partition coefficient (Wildman–Crippen LogP) is 3.71. The number of nitrogens with zero attached hydrogens (tertiary/aromatic N) is 3. The van der Waals surface area contributed by atoms with Gasteiger partial charge in [0.15, 0.2) is 0 Å². The first-order valence-electron chi connectivity index (χ1n) is 6.67. The van der Waals surface area contributed by atoms with Gasteiger partial charge in [0, 0.05) is 29.2 Å². The minimum Gasteiger partial charge on any atom is -0.506 e. The van der Waals surface area contributed by atoms with E-state index in [0.717, 1.165) is 21.1 Å². The average molecular weight is 361 g/mol. The number of phenolic OH excluding ortho intramolecular Hbond substituents is 1. The predicted molar refractivity (Wildman–Crippen MR) is 94.7 cm³/mol. The Kier molecular flexibility index (Phi) is 5.27. The fourth-order valence-electron chi connectivity index (χ4n) is 1.82. The summed E-state index contributed by atoms with van der Waals surface area (Å²) in [6.07, 6.45) is 5.24. The van der Waals surface area contributed by atoms with E-state index >= 15 is 0 Å². The van der Waals surface area contributed by atoms with Crippen LogP contribution in [0.4, 0.5) is 5.82 Å². The third-order valence-corrected chi connectivity index (χ3v) is 3.54. The highest BCUT2D eigenvalue weighted by Crippen LogP contribution is 2.30. The van der Waals surface area contributed by atoms with Gasteiger partial charge in [0.05, 0.1) is 0 Å². The van der Waals surface area contributed by atoms with Crippen LogP contribution in [-0.2, 0) is 0 Å². The van der Waals surface area contributed by atoms with Gasteiger partial charge in [-0.1, -0.05) is 28.6 Å². The zero-order chi connectivity index (χ0) is 16.1. The van der Waals surface area contributed by atoms with E-state index in [-0.39, 0.29) is 5.75 Å². The van der Waals surface area contributed by atoms with E-state index in [0.29, 0.717) is 17.9 Å². The van der Waals surface area contributed by atoms with Gasteiger partial charge in [-0.15, -0.1) is 0 Å². The average Bonchev–Trinajstić information content (AvgIpc) is 2.50. The number of allylic oxidation sites excluding steroid dienone is 1. The Labute approximate surface area is 137 Å². The van der Waals surface area contributed by atoms with E-state index in [2.05, 4.69) is 42.8 Å². The van der Waals surface area contributed by atoms with Crippen LogP contribution < -0.4 is 5.32 Å². The molecular formula is C16H17BrN4O. The molecule has 0 atom stereocenters. The molecule has 0 spiro atoms. The number of halogens is 1. The SMILES string of the molecule is C=C(/C=C\C(C)=N/C)CNc1ncnc2c(O)cc(Br)cc12. The van der Waals surface area contributed by atoms with Crippen LogP contribution in [0.25, 0.3) is 10.9 Å². The van der Waals surface area contributed by atoms with Crippen LogP contribution in [-0.4, -0.2) is 34.4 Å². The number of phenols is 1. The van der Waals surface area contributed by atoms with Crippen LogP contribution in [0, 0.1) is 0 Å². The number of nitrogens with one attached hydrogen (secondary N) is 1. The minimum absolute atomic E-state index is 0.114. The maximum atomic E-state index is 9.94. The number of anilines is 1. The first-order chi connectivity index (χ1) is 10.5. The van der Waals surface area contributed by atoms with Crippen molar-refractivity contribution >= 4 is 38.4 Å². The van der Waals surface area contributed by atoms with Crippen LogP contribution in [0.2, 0.25) is 0 Å². The molecule has 0 fully saturated rings. The summed E-state index contributed by atoms with van der Waals surface area (Å²) in [5, 5.41) is 13.9. The number of fused-ring (bicyclic) bond motifs is 1. The Bertz CT molecular complexity index is 768. The van der Waals surface area contributed by atoms with E-state index in [1.807, 2.05) is 25.1 Å². The molecule has 2 rings (SSSR count). The zero-order valence-electron chi connectivity index (χ0n) is 12.5. The lowest BCUT2D eigenvalue weighted by Crippen LogP contribution is -2.05. The summed E-state index contributed by atoms with van der Waals surface area (Å²) >= 11 is 3.36. The molecule has 1 aromatic carbocycles. The van der Waals surface area contributed by atoms with Crippen molar-refractivity contribution in [3.63, 3.8) is 0 Å². The summed E-state index contributed by atoms with van der Waals surface area (Å²) in [6.45, 7) is 6.45. The number of benzene rings is 1. The molecular weight excluding hydrogens is 344 g/mol. The molecule has 2 N–H and O–H groups in total. The Hall–Kier alpha value is -2.21. The topological polar surface area (TPSA) is 70.4 Å². The van der Waals surface area contributed by atoms with E-state index in [4.69, 9.17) is 0 Å². The van der Waals surface area contributed by atoms with Crippen molar-refractivity contribution in [3.8, 4) is 5.75 Å². The van der Waals surface area contributed by atoms with Gasteiger partial charge in [-0.05, 0) is 30.7 Å². The molecule has 0 unspecified atom stereocenters. The van der Waals surface area contributed by atoms with Crippen molar-refractivity contribution < 1.29 is 5.11 Å². The lowest BCUT2D eigenvalue weighted by molar-refractivity contribution is 0.480. The van der Waals surface area contributed by atoms with Gasteiger partial charge >= 0.3 is 0 Å². The fraction of sp³-hybridized carbons (Fsp3) is 0.188. The van der Waals surface area contributed by atoms with Crippen molar-refractivity contribution in [3.05, 3.63) is 47.2 Å². The third kappa shape index (κ3) is 3.92. The van der Waals surface area contributed by atoms with E-state index < -0.39 is 0 Å². The molecule has 0 aliphatic rings. The van der Waals surface area contributed by atoms with Crippen molar-refractivity contribution in [2.45, 2.75) is 6.92 Å². The molecule has 0 amide bonds. The number of aromatic nitrogens is 2. The number of aliphatic imine (C=N–C) groups is 1. The molecule has 0 saturated heterocycles. The third-order valence-electron chi connectivity index (χ3n) is 3.08. The van der Waals surface area contributed by atoms with Crippen molar-refractivity contribution in [2.24, 2.45) is 4.99 Å². The number of aromatic hydroxyl groups is 1. The number of hydrogen-bond donors (Lipinski definition) is 2. The van der Waals surface area contributed by atoms with Gasteiger partial charge in [-0.2, -0.15) is 0 Å². The molecule has 5 nitrogen and oxygen atoms in total. The summed E-state index contributed by atoms with van der Waals surface area (Å²) in [4.78, 5) is 12.4. The summed E-state index contributed by atoms with van der Waals surface area (Å²) in [5.74, 6) is 0.764. The lowest BCUT2D eigenvalue weighted by atomic mass is 10.2. The monoisotopic (exact) mass is 360 g/mol. The zero-order valence-corrected chi connectivity index (χ0v) is 14.1. The Morgan fingerprint density at radius 2 is 2.18 bits per heavy atom. The largest absolute Gasteiger partial charge is 0.506 e. The van der Waals surface area contributed by atoms with Gasteiger partial charge in [0.25, 0.3) is 0 Å². The van der Waals surface area contributed by atoms with Gasteiger partial charge < -0.3 is 10.4 Å². The first-order valence-corrected chi connectivity index (χ1v) is 7.47. The standard InChI is InChI=1S/C16H17BrN4O/c1-10(4-5-11(2)18-3)8-19-16-13-6-12(17)7-14(22)15(13)20-9-21-16/h4-7,9,22H,1,8H2,2-3H3,(H,19,20,21)/b5-4-,18-11-. The molecule has 1 aromatic heterocycles. The summed E-state index contributed by atoms with van der Waals surface area (Å²) in [7, 11) is 1.75. The molecule has 0 saturated carbocycles. The Morgan fingerprint density at radius 3 is 2.91 bits per heavy atom. The molecule has 0 aliphatic carbocycles. The highest BCUT2D eigenvalue weighted by atomic mass is 79.9. The second kappa shape index (κ2) is 7.17. The molecule has 6 heteroatoms. The second-order valence-corrected chi connectivity index (χ2v) is 5.67. The van der Waals surface area contributed by atoms with Crippen molar-refractivity contribution in [1.29, 1.82) is 0 Å². The molecule has 114 valence electrons. The van der Waals surface area contributed by atoms with Crippen LogP contribution in [0.5, 0.6) is 5.75 Å². The molecule has 1 heterocycles. The molecule has 22 heavy (non-hydrogen) atoms. The maximum Gasteiger partial charge on any atom is 0.143 e. The van der Waals surface area contributed by atoms with Crippen LogP contribution >= 0.6 is 15.9 Å². The summed E-state index contributed by atoms with van der Waals surface area (Å²) in [6, 6.07) is 3.47. The number of hydrogen-bond acceptors (Lipinski definition) is 5. The van der Waals surface area contributed by atoms with E-state index in [9.17, 15) is 5.11 Å². The fourth-order valence-corrected chi connectivity index (χ4v) is 2.27. The van der Waals surface area contributed by atoms with Gasteiger partial charge in [0.1, 0.15) is 23.4 Å². The van der Waals surface area contributed by atoms with Crippen LogP contribution in [0.15, 0.2) is 52.2 Å². The number of rotatable bonds is 5. The Balaban J connectivity index is 2.19. The molecule has 0 radical (unpaired) electrons.